The molecule has 1 N–H and O–H groups in total. The van der Waals surface area contributed by atoms with Crippen molar-refractivity contribution < 1.29 is 14.7 Å². The van der Waals surface area contributed by atoms with Crippen LogP contribution in [-0.4, -0.2) is 17.4 Å². The minimum Gasteiger partial charge on any atom is -0.477 e. The van der Waals surface area contributed by atoms with Crippen LogP contribution in [0.4, 0.5) is 0 Å². The number of hydrogen-bond acceptors (Lipinski definition) is 3. The van der Waals surface area contributed by atoms with Gasteiger partial charge in [0, 0.05) is 0 Å². The highest BCUT2D eigenvalue weighted by Gasteiger charge is 2.38. The summed E-state index contributed by atoms with van der Waals surface area (Å²) < 4.78 is 0. The van der Waals surface area contributed by atoms with E-state index in [-0.39, 0.29) is 15.7 Å². The van der Waals surface area contributed by atoms with Crippen molar-refractivity contribution in [1.82, 2.24) is 0 Å². The first-order valence-electron chi connectivity index (χ1n) is 5.44. The molecule has 0 atom stereocenters. The molecule has 0 fully saturated rings. The van der Waals surface area contributed by atoms with E-state index in [4.69, 9.17) is 0 Å². The molecule has 0 aromatic carbocycles. The van der Waals surface area contributed by atoms with Crippen molar-refractivity contribution >= 4 is 23.6 Å². The third-order valence-corrected chi connectivity index (χ3v) is 4.66. The first-order valence-corrected chi connectivity index (χ1v) is 6.25. The first-order chi connectivity index (χ1) is 7.61. The van der Waals surface area contributed by atoms with Crippen LogP contribution in [-0.2, 0) is 5.41 Å². The Morgan fingerprint density at radius 2 is 1.82 bits per heavy atom. The maximum absolute atomic E-state index is 11.2. The standard InChI is InChI=1S/C13H18O3S/c1-12(2,3)13(4,5)9-6-8(7-14)17-10(9)11(15)16/h6-7H,1-5H3,(H,15,16). The maximum Gasteiger partial charge on any atom is 0.346 e. The Kier molecular flexibility index (Phi) is 3.48. The van der Waals surface area contributed by atoms with Crippen molar-refractivity contribution in [2.75, 3.05) is 0 Å². The van der Waals surface area contributed by atoms with Crippen LogP contribution in [0.2, 0.25) is 0 Å². The van der Waals surface area contributed by atoms with Gasteiger partial charge >= 0.3 is 5.97 Å². The third kappa shape index (κ3) is 2.41. The molecule has 0 aliphatic carbocycles. The number of carboxylic acid groups (broad SMARTS) is 1. The van der Waals surface area contributed by atoms with Crippen LogP contribution < -0.4 is 0 Å². The highest BCUT2D eigenvalue weighted by molar-refractivity contribution is 7.15. The second-order valence-corrected chi connectivity index (χ2v) is 6.77. The summed E-state index contributed by atoms with van der Waals surface area (Å²) in [6.07, 6.45) is 0.708. The summed E-state index contributed by atoms with van der Waals surface area (Å²) in [5, 5.41) is 9.20. The summed E-state index contributed by atoms with van der Waals surface area (Å²) in [5.74, 6) is -0.963. The van der Waals surface area contributed by atoms with Gasteiger partial charge in [-0.15, -0.1) is 11.3 Å². The van der Waals surface area contributed by atoms with Gasteiger partial charge in [-0.1, -0.05) is 34.6 Å². The zero-order valence-corrected chi connectivity index (χ0v) is 11.6. The fourth-order valence-electron chi connectivity index (χ4n) is 1.50. The van der Waals surface area contributed by atoms with E-state index in [2.05, 4.69) is 20.8 Å². The van der Waals surface area contributed by atoms with Crippen LogP contribution in [0.3, 0.4) is 0 Å². The normalized spacial score (nSPS) is 12.5. The van der Waals surface area contributed by atoms with Gasteiger partial charge in [-0.3, -0.25) is 4.79 Å². The molecular weight excluding hydrogens is 236 g/mol. The molecule has 0 unspecified atom stereocenters. The number of aromatic carboxylic acids is 1. The Balaban J connectivity index is 3.44. The Morgan fingerprint density at radius 1 is 1.29 bits per heavy atom. The summed E-state index contributed by atoms with van der Waals surface area (Å²) in [4.78, 5) is 22.7. The molecule has 0 saturated heterocycles. The highest BCUT2D eigenvalue weighted by atomic mass is 32.1. The van der Waals surface area contributed by atoms with Gasteiger partial charge in [-0.25, -0.2) is 4.79 Å². The fraction of sp³-hybridized carbons (Fsp3) is 0.538. The predicted octanol–water partition coefficient (Wildman–Crippen LogP) is 3.58. The predicted molar refractivity (Wildman–Crippen MR) is 69.1 cm³/mol. The summed E-state index contributed by atoms with van der Waals surface area (Å²) in [5.41, 5.74) is 0.348. The van der Waals surface area contributed by atoms with Crippen molar-refractivity contribution in [2.24, 2.45) is 5.41 Å². The van der Waals surface area contributed by atoms with Gasteiger partial charge in [0.2, 0.25) is 0 Å². The average Bonchev–Trinajstić information content (AvgIpc) is 2.59. The van der Waals surface area contributed by atoms with Crippen LogP contribution in [0.15, 0.2) is 6.07 Å². The van der Waals surface area contributed by atoms with Gasteiger partial charge in [0.05, 0.1) is 4.88 Å². The molecule has 0 bridgehead atoms. The molecule has 1 aromatic heterocycles. The monoisotopic (exact) mass is 254 g/mol. The zero-order chi connectivity index (χ0) is 13.4. The lowest BCUT2D eigenvalue weighted by Gasteiger charge is -2.39. The Bertz CT molecular complexity index is 450. The van der Waals surface area contributed by atoms with Gasteiger partial charge < -0.3 is 5.11 Å². The molecule has 0 amide bonds. The molecule has 1 heterocycles. The molecule has 1 aromatic rings. The van der Waals surface area contributed by atoms with Gasteiger partial charge in [0.15, 0.2) is 6.29 Å². The van der Waals surface area contributed by atoms with E-state index in [1.165, 1.54) is 0 Å². The number of carbonyl (C=O) groups excluding carboxylic acids is 1. The van der Waals surface area contributed by atoms with Crippen LogP contribution in [0.1, 0.15) is 59.5 Å². The number of carboxylic acids is 1. The first kappa shape index (κ1) is 13.9. The lowest BCUT2D eigenvalue weighted by atomic mass is 9.65. The van der Waals surface area contributed by atoms with E-state index in [1.54, 1.807) is 6.07 Å². The van der Waals surface area contributed by atoms with Crippen molar-refractivity contribution in [3.05, 3.63) is 21.4 Å². The number of aldehydes is 1. The van der Waals surface area contributed by atoms with E-state index in [0.29, 0.717) is 11.2 Å². The minimum atomic E-state index is -0.963. The molecule has 1 rings (SSSR count). The van der Waals surface area contributed by atoms with E-state index >= 15 is 0 Å². The van der Waals surface area contributed by atoms with Crippen LogP contribution in [0.5, 0.6) is 0 Å². The molecule has 94 valence electrons. The second kappa shape index (κ2) is 4.26. The van der Waals surface area contributed by atoms with E-state index in [0.717, 1.165) is 16.9 Å². The van der Waals surface area contributed by atoms with E-state index in [1.807, 2.05) is 13.8 Å². The minimum absolute atomic E-state index is 0.0849. The Morgan fingerprint density at radius 3 is 2.18 bits per heavy atom. The van der Waals surface area contributed by atoms with E-state index < -0.39 is 5.97 Å². The number of rotatable bonds is 3. The summed E-state index contributed by atoms with van der Waals surface area (Å²) >= 11 is 1.04. The largest absolute Gasteiger partial charge is 0.477 e. The molecule has 4 heteroatoms. The smallest absolute Gasteiger partial charge is 0.346 e. The van der Waals surface area contributed by atoms with Gasteiger partial charge in [-0.05, 0) is 22.5 Å². The molecule has 0 radical (unpaired) electrons. The number of hydrogen-bond donors (Lipinski definition) is 1. The molecule has 0 spiro atoms. The maximum atomic E-state index is 11.2. The van der Waals surface area contributed by atoms with Crippen molar-refractivity contribution in [3.8, 4) is 0 Å². The van der Waals surface area contributed by atoms with Crippen molar-refractivity contribution in [2.45, 2.75) is 40.0 Å². The number of carbonyl (C=O) groups is 2. The molecule has 0 aliphatic heterocycles. The lowest BCUT2D eigenvalue weighted by Crippen LogP contribution is -2.34. The van der Waals surface area contributed by atoms with Crippen LogP contribution in [0, 0.1) is 5.41 Å². The van der Waals surface area contributed by atoms with Crippen molar-refractivity contribution in [1.29, 1.82) is 0 Å². The van der Waals surface area contributed by atoms with Gasteiger partial charge in [0.25, 0.3) is 0 Å². The van der Waals surface area contributed by atoms with Crippen molar-refractivity contribution in [3.63, 3.8) is 0 Å². The Hall–Kier alpha value is -1.16. The summed E-state index contributed by atoms with van der Waals surface area (Å²) in [6.45, 7) is 10.2. The van der Waals surface area contributed by atoms with Gasteiger partial charge in [-0.2, -0.15) is 0 Å². The number of thiophene rings is 1. The topological polar surface area (TPSA) is 54.4 Å². The molecule has 3 nitrogen and oxygen atoms in total. The second-order valence-electron chi connectivity index (χ2n) is 5.69. The van der Waals surface area contributed by atoms with Gasteiger partial charge in [0.1, 0.15) is 4.88 Å². The average molecular weight is 254 g/mol. The SMILES string of the molecule is CC(C)(C)C(C)(C)c1cc(C=O)sc1C(=O)O. The summed E-state index contributed by atoms with van der Waals surface area (Å²) in [6, 6.07) is 1.70. The van der Waals surface area contributed by atoms with Crippen LogP contribution in [0.25, 0.3) is 0 Å². The molecular formula is C13H18O3S. The molecule has 0 aliphatic rings. The van der Waals surface area contributed by atoms with Crippen LogP contribution >= 0.6 is 11.3 Å². The van der Waals surface area contributed by atoms with E-state index in [9.17, 15) is 14.7 Å². The molecule has 0 saturated carbocycles. The fourth-order valence-corrected chi connectivity index (χ4v) is 2.47. The zero-order valence-electron chi connectivity index (χ0n) is 10.8. The quantitative estimate of drug-likeness (QED) is 0.839. The lowest BCUT2D eigenvalue weighted by molar-refractivity contribution is 0.0697. The summed E-state index contributed by atoms with van der Waals surface area (Å²) in [7, 11) is 0. The molecule has 17 heavy (non-hydrogen) atoms. The Labute approximate surface area is 105 Å². The highest BCUT2D eigenvalue weighted by Crippen LogP contribution is 2.44. The third-order valence-electron chi connectivity index (χ3n) is 3.61.